The smallest absolute Gasteiger partial charge is 0.200 e. The third-order valence-electron chi connectivity index (χ3n) is 4.71. The van der Waals surface area contributed by atoms with E-state index in [-0.39, 0.29) is 5.78 Å². The Balaban J connectivity index is 1.69. The van der Waals surface area contributed by atoms with Crippen molar-refractivity contribution >= 4 is 17.5 Å². The fourth-order valence-corrected chi connectivity index (χ4v) is 3.88. The second-order valence-corrected chi connectivity index (χ2v) is 8.12. The van der Waals surface area contributed by atoms with Crippen LogP contribution in [-0.2, 0) is 13.6 Å². The molecule has 0 spiro atoms. The molecule has 0 saturated carbocycles. The predicted octanol–water partition coefficient (Wildman–Crippen LogP) is 4.51. The summed E-state index contributed by atoms with van der Waals surface area (Å²) in [7, 11) is 1.88. The molecule has 3 heterocycles. The van der Waals surface area contributed by atoms with Gasteiger partial charge in [0.1, 0.15) is 0 Å². The molecule has 0 fully saturated rings. The van der Waals surface area contributed by atoms with Crippen molar-refractivity contribution in [3.63, 3.8) is 0 Å². The van der Waals surface area contributed by atoms with E-state index in [2.05, 4.69) is 35.5 Å². The Labute approximate surface area is 164 Å². The van der Waals surface area contributed by atoms with Gasteiger partial charge in [-0.3, -0.25) is 4.79 Å². The summed E-state index contributed by atoms with van der Waals surface area (Å²) < 4.78 is 9.47. The number of aryl methyl sites for hydroxylation is 1. The summed E-state index contributed by atoms with van der Waals surface area (Å²) in [5.74, 6) is 2.41. The van der Waals surface area contributed by atoms with Gasteiger partial charge in [0, 0.05) is 30.5 Å². The largest absolute Gasteiger partial charge is 0.461 e. The van der Waals surface area contributed by atoms with Gasteiger partial charge in [-0.15, -0.1) is 10.2 Å². The predicted molar refractivity (Wildman–Crippen MR) is 107 cm³/mol. The molecule has 0 aromatic carbocycles. The molecule has 3 aromatic rings. The normalized spacial score (nSPS) is 11.5. The van der Waals surface area contributed by atoms with Crippen molar-refractivity contribution in [2.75, 3.05) is 5.75 Å². The maximum Gasteiger partial charge on any atom is 0.200 e. The van der Waals surface area contributed by atoms with E-state index in [1.165, 1.54) is 11.8 Å². The van der Waals surface area contributed by atoms with Gasteiger partial charge in [-0.25, -0.2) is 0 Å². The van der Waals surface area contributed by atoms with Gasteiger partial charge < -0.3 is 13.6 Å². The van der Waals surface area contributed by atoms with E-state index in [1.807, 2.05) is 36.7 Å². The number of hydrogen-bond donors (Lipinski definition) is 0. The fourth-order valence-electron chi connectivity index (χ4n) is 3.08. The summed E-state index contributed by atoms with van der Waals surface area (Å²) in [6.07, 6.45) is 2.71. The molecule has 0 amide bonds. The first-order valence-corrected chi connectivity index (χ1v) is 10.1. The maximum absolute atomic E-state index is 12.8. The number of carbonyl (C=O) groups is 1. The number of thioether (sulfide) groups is 1. The summed E-state index contributed by atoms with van der Waals surface area (Å²) in [4.78, 5) is 12.8. The van der Waals surface area contributed by atoms with Crippen LogP contribution in [0.2, 0.25) is 0 Å². The first-order valence-electron chi connectivity index (χ1n) is 9.14. The second-order valence-electron chi connectivity index (χ2n) is 7.17. The zero-order valence-corrected chi connectivity index (χ0v) is 17.3. The zero-order valence-electron chi connectivity index (χ0n) is 16.5. The Kier molecular flexibility index (Phi) is 5.89. The second kappa shape index (κ2) is 8.17. The Bertz CT molecular complexity index is 922. The summed E-state index contributed by atoms with van der Waals surface area (Å²) in [5, 5.41) is 9.06. The Morgan fingerprint density at radius 3 is 2.74 bits per heavy atom. The molecule has 0 radical (unpaired) electrons. The average molecular weight is 387 g/mol. The van der Waals surface area contributed by atoms with Gasteiger partial charge in [-0.2, -0.15) is 0 Å². The SMILES string of the molecule is Cc1cc(C(=O)CSc2nnc(-c3ccco3)n2C)c(C)n1CCC(C)C. The van der Waals surface area contributed by atoms with E-state index in [9.17, 15) is 4.79 Å². The average Bonchev–Trinajstić information content (AvgIpc) is 3.32. The third-order valence-corrected chi connectivity index (χ3v) is 5.73. The topological polar surface area (TPSA) is 65.8 Å². The highest BCUT2D eigenvalue weighted by Crippen LogP contribution is 2.25. The number of nitrogens with zero attached hydrogens (tertiary/aromatic N) is 4. The van der Waals surface area contributed by atoms with Crippen LogP contribution in [0.25, 0.3) is 11.6 Å². The van der Waals surface area contributed by atoms with Crippen LogP contribution < -0.4 is 0 Å². The van der Waals surface area contributed by atoms with Gasteiger partial charge in [0.25, 0.3) is 0 Å². The monoisotopic (exact) mass is 386 g/mol. The molecule has 0 unspecified atom stereocenters. The number of aromatic nitrogens is 4. The fraction of sp³-hybridized carbons (Fsp3) is 0.450. The van der Waals surface area contributed by atoms with E-state index in [0.29, 0.717) is 28.4 Å². The number of rotatable bonds is 8. The summed E-state index contributed by atoms with van der Waals surface area (Å²) in [6.45, 7) is 9.48. The minimum Gasteiger partial charge on any atom is -0.461 e. The van der Waals surface area contributed by atoms with Crippen LogP contribution in [0, 0.1) is 19.8 Å². The van der Waals surface area contributed by atoms with E-state index >= 15 is 0 Å². The molecule has 3 aromatic heterocycles. The molecule has 0 aliphatic heterocycles. The molecule has 0 aliphatic carbocycles. The molecule has 0 N–H and O–H groups in total. The number of furan rings is 1. The lowest BCUT2D eigenvalue weighted by Crippen LogP contribution is -2.08. The van der Waals surface area contributed by atoms with Crippen LogP contribution in [-0.4, -0.2) is 30.9 Å². The molecular formula is C20H26N4O2S. The summed E-state index contributed by atoms with van der Waals surface area (Å²) in [6, 6.07) is 5.66. The van der Waals surface area contributed by atoms with Crippen LogP contribution in [0.15, 0.2) is 34.0 Å². The molecule has 0 aliphatic rings. The molecule has 27 heavy (non-hydrogen) atoms. The van der Waals surface area contributed by atoms with E-state index in [4.69, 9.17) is 4.42 Å². The zero-order chi connectivity index (χ0) is 19.6. The van der Waals surface area contributed by atoms with Crippen molar-refractivity contribution in [1.29, 1.82) is 0 Å². The van der Waals surface area contributed by atoms with Crippen LogP contribution in [0.5, 0.6) is 0 Å². The van der Waals surface area contributed by atoms with Crippen molar-refractivity contribution in [3.05, 3.63) is 41.4 Å². The lowest BCUT2D eigenvalue weighted by molar-refractivity contribution is 0.102. The highest BCUT2D eigenvalue weighted by molar-refractivity contribution is 7.99. The number of hydrogen-bond acceptors (Lipinski definition) is 5. The van der Waals surface area contributed by atoms with Crippen LogP contribution in [0.4, 0.5) is 0 Å². The van der Waals surface area contributed by atoms with Crippen LogP contribution in [0.1, 0.15) is 42.0 Å². The highest BCUT2D eigenvalue weighted by Gasteiger charge is 2.18. The Morgan fingerprint density at radius 2 is 2.07 bits per heavy atom. The minimum atomic E-state index is 0.117. The van der Waals surface area contributed by atoms with Crippen molar-refractivity contribution in [3.8, 4) is 11.6 Å². The molecule has 7 heteroatoms. The standard InChI is InChI=1S/C20H26N4O2S/c1-13(2)8-9-24-14(3)11-16(15(24)4)17(25)12-27-20-22-21-19(23(20)5)18-7-6-10-26-18/h6-7,10-11,13H,8-9,12H2,1-5H3. The van der Waals surface area contributed by atoms with Gasteiger partial charge in [0.2, 0.25) is 0 Å². The van der Waals surface area contributed by atoms with Gasteiger partial charge in [-0.1, -0.05) is 25.6 Å². The van der Waals surface area contributed by atoms with E-state index in [1.54, 1.807) is 6.26 Å². The number of ketones is 1. The van der Waals surface area contributed by atoms with Gasteiger partial charge >= 0.3 is 0 Å². The first kappa shape index (κ1) is 19.5. The molecule has 6 nitrogen and oxygen atoms in total. The summed E-state index contributed by atoms with van der Waals surface area (Å²) in [5.41, 5.74) is 2.99. The Morgan fingerprint density at radius 1 is 1.30 bits per heavy atom. The van der Waals surface area contributed by atoms with Crippen molar-refractivity contribution in [2.45, 2.75) is 45.8 Å². The third kappa shape index (κ3) is 4.18. The van der Waals surface area contributed by atoms with Gasteiger partial charge in [0.15, 0.2) is 22.5 Å². The lowest BCUT2D eigenvalue weighted by atomic mass is 10.1. The maximum atomic E-state index is 12.8. The molecule has 0 bridgehead atoms. The van der Waals surface area contributed by atoms with E-state index < -0.39 is 0 Å². The van der Waals surface area contributed by atoms with Crippen molar-refractivity contribution in [1.82, 2.24) is 19.3 Å². The van der Waals surface area contributed by atoms with Gasteiger partial charge in [-0.05, 0) is 44.4 Å². The van der Waals surface area contributed by atoms with Crippen LogP contribution in [0.3, 0.4) is 0 Å². The lowest BCUT2D eigenvalue weighted by Gasteiger charge is -2.11. The quantitative estimate of drug-likeness (QED) is 0.421. The molecule has 0 saturated heterocycles. The minimum absolute atomic E-state index is 0.117. The summed E-state index contributed by atoms with van der Waals surface area (Å²) >= 11 is 1.40. The highest BCUT2D eigenvalue weighted by atomic mass is 32.2. The van der Waals surface area contributed by atoms with Gasteiger partial charge in [0.05, 0.1) is 12.0 Å². The molecule has 144 valence electrons. The number of carbonyl (C=O) groups excluding carboxylic acids is 1. The molecule has 3 rings (SSSR count). The first-order chi connectivity index (χ1) is 12.9. The van der Waals surface area contributed by atoms with Crippen molar-refractivity contribution < 1.29 is 9.21 Å². The van der Waals surface area contributed by atoms with Crippen LogP contribution >= 0.6 is 11.8 Å². The van der Waals surface area contributed by atoms with Crippen molar-refractivity contribution in [2.24, 2.45) is 13.0 Å². The molecular weight excluding hydrogens is 360 g/mol. The molecule has 0 atom stereocenters. The number of Topliss-reactive ketones (excluding diaryl/α,β-unsaturated/α-hetero) is 1. The van der Waals surface area contributed by atoms with E-state index in [0.717, 1.165) is 29.9 Å². The Hall–Kier alpha value is -2.28.